The van der Waals surface area contributed by atoms with Crippen molar-refractivity contribution in [2.24, 2.45) is 5.41 Å². The average Bonchev–Trinajstić information content (AvgIpc) is 2.92. The molecule has 0 aliphatic heterocycles. The summed E-state index contributed by atoms with van der Waals surface area (Å²) in [6, 6.07) is 2.30. The fourth-order valence-electron chi connectivity index (χ4n) is 4.43. The highest BCUT2D eigenvalue weighted by molar-refractivity contribution is 14.1. The Labute approximate surface area is 175 Å². The van der Waals surface area contributed by atoms with Crippen LogP contribution in [0.1, 0.15) is 95.7 Å². The maximum atomic E-state index is 7.03. The summed E-state index contributed by atoms with van der Waals surface area (Å²) < 4.78 is 8.40. The molecule has 0 radical (unpaired) electrons. The highest BCUT2D eigenvalue weighted by Crippen LogP contribution is 2.54. The van der Waals surface area contributed by atoms with Crippen LogP contribution >= 0.6 is 22.6 Å². The van der Waals surface area contributed by atoms with Crippen LogP contribution in [0.25, 0.3) is 0 Å². The lowest BCUT2D eigenvalue weighted by atomic mass is 9.71. The number of hydrogen-bond donors (Lipinski definition) is 0. The van der Waals surface area contributed by atoms with Crippen molar-refractivity contribution in [3.63, 3.8) is 0 Å². The van der Waals surface area contributed by atoms with Gasteiger partial charge in [-0.3, -0.25) is 4.98 Å². The Hall–Kier alpha value is 0.0569. The Bertz CT molecular complexity index is 671. The van der Waals surface area contributed by atoms with Crippen LogP contribution in [-0.2, 0) is 10.8 Å². The van der Waals surface area contributed by atoms with E-state index in [4.69, 9.17) is 9.41 Å². The van der Waals surface area contributed by atoms with Gasteiger partial charge < -0.3 is 4.43 Å². The lowest BCUT2D eigenvalue weighted by Gasteiger charge is -2.45. The summed E-state index contributed by atoms with van der Waals surface area (Å²) in [6.45, 7) is 16.3. The van der Waals surface area contributed by atoms with Gasteiger partial charge in [-0.2, -0.15) is 0 Å². The van der Waals surface area contributed by atoms with E-state index in [1.165, 1.54) is 52.6 Å². The predicted molar refractivity (Wildman–Crippen MR) is 121 cm³/mol. The molecule has 2 aliphatic rings. The molecule has 2 aliphatic carbocycles. The highest BCUT2D eigenvalue weighted by atomic mass is 127. The van der Waals surface area contributed by atoms with Crippen molar-refractivity contribution >= 4 is 30.9 Å². The van der Waals surface area contributed by atoms with Crippen molar-refractivity contribution in [2.45, 2.75) is 103 Å². The second-order valence-electron chi connectivity index (χ2n) is 10.5. The monoisotopic (exact) mass is 485 g/mol. The van der Waals surface area contributed by atoms with Crippen LogP contribution < -0.4 is 0 Å². The summed E-state index contributed by atoms with van der Waals surface area (Å²) in [4.78, 5) is 5.17. The zero-order chi connectivity index (χ0) is 19.3. The van der Waals surface area contributed by atoms with E-state index in [2.05, 4.69) is 76.4 Å². The molecule has 0 aromatic carbocycles. The summed E-state index contributed by atoms with van der Waals surface area (Å²) >= 11 is 2.54. The van der Waals surface area contributed by atoms with E-state index >= 15 is 0 Å². The lowest BCUT2D eigenvalue weighted by molar-refractivity contribution is 0.0886. The average molecular weight is 486 g/mol. The van der Waals surface area contributed by atoms with Gasteiger partial charge in [-0.15, -0.1) is 0 Å². The summed E-state index contributed by atoms with van der Waals surface area (Å²) in [5, 5.41) is 0.240. The van der Waals surface area contributed by atoms with Gasteiger partial charge in [-0.05, 0) is 83.8 Å². The van der Waals surface area contributed by atoms with Gasteiger partial charge in [0.2, 0.25) is 0 Å². The molecule has 1 fully saturated rings. The standard InChI is InChI=1S/C22H36INOSi/c1-15(2)17-12-16(23)20-18(24-17)13-22(10-8-9-11-22)14-19(20)25-26(6,7)21(3,4)5/h12,15,19H,8-11,13-14H2,1-7H3/t19-/m0/s1. The van der Waals surface area contributed by atoms with Crippen molar-refractivity contribution in [2.75, 3.05) is 0 Å². The number of fused-ring (bicyclic) bond motifs is 1. The van der Waals surface area contributed by atoms with E-state index in [9.17, 15) is 0 Å². The first-order valence-electron chi connectivity index (χ1n) is 10.3. The summed E-state index contributed by atoms with van der Waals surface area (Å²) in [7, 11) is -1.82. The van der Waals surface area contributed by atoms with Crippen molar-refractivity contribution in [1.82, 2.24) is 4.98 Å². The molecular formula is C22H36INOSi. The second kappa shape index (κ2) is 7.14. The number of hydrogen-bond acceptors (Lipinski definition) is 2. The number of aromatic nitrogens is 1. The maximum Gasteiger partial charge on any atom is 0.192 e. The number of halogens is 1. The summed E-state index contributed by atoms with van der Waals surface area (Å²) in [5.74, 6) is 0.482. The lowest BCUT2D eigenvalue weighted by Crippen LogP contribution is -2.44. The molecule has 1 heterocycles. The molecule has 1 aromatic rings. The van der Waals surface area contributed by atoms with E-state index < -0.39 is 8.32 Å². The zero-order valence-corrected chi connectivity index (χ0v) is 20.9. The quantitative estimate of drug-likeness (QED) is 0.329. The van der Waals surface area contributed by atoms with E-state index in [0.29, 0.717) is 11.3 Å². The first kappa shape index (κ1) is 20.8. The fraction of sp³-hybridized carbons (Fsp3) is 0.773. The summed E-state index contributed by atoms with van der Waals surface area (Å²) in [6.07, 6.45) is 8.06. The topological polar surface area (TPSA) is 22.1 Å². The van der Waals surface area contributed by atoms with Gasteiger partial charge >= 0.3 is 0 Å². The Morgan fingerprint density at radius 2 is 1.85 bits per heavy atom. The van der Waals surface area contributed by atoms with Crippen LogP contribution in [-0.4, -0.2) is 13.3 Å². The molecular weight excluding hydrogens is 449 g/mol. The Morgan fingerprint density at radius 3 is 2.38 bits per heavy atom. The van der Waals surface area contributed by atoms with Gasteiger partial charge in [0.1, 0.15) is 0 Å². The van der Waals surface area contributed by atoms with Gasteiger partial charge in [0.05, 0.1) is 6.10 Å². The van der Waals surface area contributed by atoms with Gasteiger partial charge in [0, 0.05) is 20.5 Å². The molecule has 2 nitrogen and oxygen atoms in total. The molecule has 4 heteroatoms. The zero-order valence-electron chi connectivity index (χ0n) is 17.7. The molecule has 0 N–H and O–H groups in total. The van der Waals surface area contributed by atoms with E-state index in [-0.39, 0.29) is 11.1 Å². The minimum absolute atomic E-state index is 0.235. The molecule has 0 unspecified atom stereocenters. The van der Waals surface area contributed by atoms with Crippen molar-refractivity contribution in [3.05, 3.63) is 26.6 Å². The van der Waals surface area contributed by atoms with Crippen LogP contribution in [0.4, 0.5) is 0 Å². The molecule has 1 spiro atoms. The maximum absolute atomic E-state index is 7.03. The number of rotatable bonds is 3. The van der Waals surface area contributed by atoms with Crippen LogP contribution in [0.5, 0.6) is 0 Å². The SMILES string of the molecule is CC(C)c1cc(I)c2c(n1)CC1(CCCC1)C[C@@H]2O[Si](C)(C)C(C)(C)C. The molecule has 1 aromatic heterocycles. The molecule has 0 saturated heterocycles. The smallest absolute Gasteiger partial charge is 0.192 e. The highest BCUT2D eigenvalue weighted by Gasteiger charge is 2.47. The first-order valence-corrected chi connectivity index (χ1v) is 14.3. The Morgan fingerprint density at radius 1 is 1.23 bits per heavy atom. The Balaban J connectivity index is 2.05. The molecule has 0 amide bonds. The van der Waals surface area contributed by atoms with Gasteiger partial charge in [0.25, 0.3) is 0 Å². The van der Waals surface area contributed by atoms with E-state index in [0.717, 1.165) is 6.42 Å². The predicted octanol–water partition coefficient (Wildman–Crippen LogP) is 7.38. The fourth-order valence-corrected chi connectivity index (χ4v) is 6.67. The van der Waals surface area contributed by atoms with Crippen molar-refractivity contribution < 1.29 is 4.43 Å². The molecule has 3 rings (SSSR count). The van der Waals surface area contributed by atoms with Crippen molar-refractivity contribution in [3.8, 4) is 0 Å². The normalized spacial score (nSPS) is 22.9. The second-order valence-corrected chi connectivity index (χ2v) is 16.4. The molecule has 0 bridgehead atoms. The van der Waals surface area contributed by atoms with Crippen LogP contribution in [0, 0.1) is 8.99 Å². The van der Waals surface area contributed by atoms with Crippen molar-refractivity contribution in [1.29, 1.82) is 0 Å². The van der Waals surface area contributed by atoms with Crippen LogP contribution in [0.15, 0.2) is 6.07 Å². The first-order chi connectivity index (χ1) is 11.9. The molecule has 146 valence electrons. The molecule has 26 heavy (non-hydrogen) atoms. The third-order valence-corrected chi connectivity index (χ3v) is 12.5. The number of pyridine rings is 1. The third-order valence-electron chi connectivity index (χ3n) is 7.09. The molecule has 1 atom stereocenters. The van der Waals surface area contributed by atoms with Gasteiger partial charge in [0.15, 0.2) is 8.32 Å². The van der Waals surface area contributed by atoms with E-state index in [1.807, 2.05) is 0 Å². The number of nitrogens with zero attached hydrogens (tertiary/aromatic N) is 1. The van der Waals surface area contributed by atoms with E-state index in [1.54, 1.807) is 0 Å². The van der Waals surface area contributed by atoms with Gasteiger partial charge in [-0.1, -0.05) is 47.5 Å². The minimum atomic E-state index is -1.82. The largest absolute Gasteiger partial charge is 0.410 e. The minimum Gasteiger partial charge on any atom is -0.410 e. The summed E-state index contributed by atoms with van der Waals surface area (Å²) in [5.41, 5.74) is 4.44. The molecule has 1 saturated carbocycles. The Kier molecular flexibility index (Phi) is 5.71. The van der Waals surface area contributed by atoms with Crippen LogP contribution in [0.3, 0.4) is 0 Å². The third kappa shape index (κ3) is 3.93. The van der Waals surface area contributed by atoms with Gasteiger partial charge in [-0.25, -0.2) is 0 Å². The van der Waals surface area contributed by atoms with Crippen LogP contribution in [0.2, 0.25) is 18.1 Å².